The average molecular weight is 380 g/mol. The van der Waals surface area contributed by atoms with Gasteiger partial charge < -0.3 is 4.74 Å². The summed E-state index contributed by atoms with van der Waals surface area (Å²) >= 11 is 11.6. The number of fused-ring (bicyclic) bond motifs is 1. The van der Waals surface area contributed by atoms with Crippen LogP contribution in [0, 0.1) is 0 Å². The Bertz CT molecular complexity index is 854. The summed E-state index contributed by atoms with van der Waals surface area (Å²) < 4.78 is 5.44. The Kier molecular flexibility index (Phi) is 5.23. The summed E-state index contributed by atoms with van der Waals surface area (Å²) in [6.07, 6.45) is -0.518. The Morgan fingerprint density at radius 3 is 2.79 bits per heavy atom. The summed E-state index contributed by atoms with van der Waals surface area (Å²) in [6.45, 7) is 1.88. The summed E-state index contributed by atoms with van der Waals surface area (Å²) in [6, 6.07) is 10.0. The van der Waals surface area contributed by atoms with Crippen molar-refractivity contribution in [2.75, 3.05) is 10.7 Å². The number of rotatable bonds is 4. The zero-order valence-electron chi connectivity index (χ0n) is 12.7. The molecule has 2 heterocycles. The molecule has 1 atom stereocenters. The minimum atomic E-state index is -0.518. The zero-order valence-corrected chi connectivity index (χ0v) is 15.2. The standard InChI is InChI=1S/C16H14ClN3O2S2/c1-10(8-23)20(14-7-6-13-15(19-14)24-9-18-13)16(21)22-12-4-2-11(17)3-5-12/h2-7,9-10,23H,8H2,1H3. The van der Waals surface area contributed by atoms with Gasteiger partial charge in [-0.25, -0.2) is 14.8 Å². The largest absolute Gasteiger partial charge is 0.421 e. The molecule has 0 saturated heterocycles. The second kappa shape index (κ2) is 7.38. The third-order valence-electron chi connectivity index (χ3n) is 3.35. The van der Waals surface area contributed by atoms with Crippen molar-refractivity contribution in [2.24, 2.45) is 0 Å². The van der Waals surface area contributed by atoms with Crippen LogP contribution >= 0.6 is 35.6 Å². The first-order valence-corrected chi connectivity index (χ1v) is 9.05. The van der Waals surface area contributed by atoms with Crippen LogP contribution in [0.2, 0.25) is 5.02 Å². The fourth-order valence-electron chi connectivity index (χ4n) is 2.11. The van der Waals surface area contributed by atoms with E-state index in [0.29, 0.717) is 22.3 Å². The highest BCUT2D eigenvalue weighted by Crippen LogP contribution is 2.24. The minimum Gasteiger partial charge on any atom is -0.410 e. The van der Waals surface area contributed by atoms with Gasteiger partial charge in [0.25, 0.3) is 0 Å². The molecule has 3 rings (SSSR count). The number of hydrogen-bond donors (Lipinski definition) is 1. The molecule has 0 aliphatic heterocycles. The quantitative estimate of drug-likeness (QED) is 0.669. The van der Waals surface area contributed by atoms with Crippen molar-refractivity contribution in [3.8, 4) is 5.75 Å². The van der Waals surface area contributed by atoms with Gasteiger partial charge in [0.05, 0.1) is 5.51 Å². The number of nitrogens with zero attached hydrogens (tertiary/aromatic N) is 3. The van der Waals surface area contributed by atoms with Gasteiger partial charge in [-0.15, -0.1) is 11.3 Å². The molecule has 1 unspecified atom stereocenters. The number of carbonyl (C=O) groups is 1. The highest BCUT2D eigenvalue weighted by molar-refractivity contribution is 7.80. The van der Waals surface area contributed by atoms with Crippen LogP contribution in [0.1, 0.15) is 6.92 Å². The number of hydrogen-bond acceptors (Lipinski definition) is 6. The molecule has 8 heteroatoms. The van der Waals surface area contributed by atoms with Crippen molar-refractivity contribution in [1.29, 1.82) is 0 Å². The van der Waals surface area contributed by atoms with E-state index in [1.165, 1.54) is 16.2 Å². The SMILES string of the molecule is CC(CS)N(C(=O)Oc1ccc(Cl)cc1)c1ccc2ncsc2n1. The van der Waals surface area contributed by atoms with Gasteiger partial charge in [0.1, 0.15) is 21.9 Å². The molecule has 24 heavy (non-hydrogen) atoms. The topological polar surface area (TPSA) is 55.3 Å². The lowest BCUT2D eigenvalue weighted by Crippen LogP contribution is -2.42. The minimum absolute atomic E-state index is 0.189. The maximum absolute atomic E-state index is 12.7. The smallest absolute Gasteiger partial charge is 0.410 e. The second-order valence-corrected chi connectivity index (χ2v) is 6.70. The van der Waals surface area contributed by atoms with Crippen molar-refractivity contribution < 1.29 is 9.53 Å². The van der Waals surface area contributed by atoms with E-state index in [1.807, 2.05) is 13.0 Å². The highest BCUT2D eigenvalue weighted by atomic mass is 35.5. The monoisotopic (exact) mass is 379 g/mol. The Balaban J connectivity index is 1.90. The number of aromatic nitrogens is 2. The second-order valence-electron chi connectivity index (χ2n) is 5.07. The fourth-order valence-corrected chi connectivity index (χ4v) is 3.05. The fraction of sp³-hybridized carbons (Fsp3) is 0.188. The molecular formula is C16H14ClN3O2S2. The third kappa shape index (κ3) is 3.63. The van der Waals surface area contributed by atoms with E-state index in [-0.39, 0.29) is 6.04 Å². The van der Waals surface area contributed by atoms with Crippen LogP contribution in [0.25, 0.3) is 10.3 Å². The van der Waals surface area contributed by atoms with Gasteiger partial charge in [-0.1, -0.05) is 11.6 Å². The number of pyridine rings is 1. The van der Waals surface area contributed by atoms with Gasteiger partial charge in [0, 0.05) is 16.8 Å². The van der Waals surface area contributed by atoms with Gasteiger partial charge in [0.2, 0.25) is 0 Å². The van der Waals surface area contributed by atoms with Gasteiger partial charge >= 0.3 is 6.09 Å². The number of amides is 1. The van der Waals surface area contributed by atoms with E-state index in [0.717, 1.165) is 10.3 Å². The molecule has 1 amide bonds. The van der Waals surface area contributed by atoms with E-state index < -0.39 is 6.09 Å². The lowest BCUT2D eigenvalue weighted by molar-refractivity contribution is 0.205. The third-order valence-corrected chi connectivity index (χ3v) is 4.86. The zero-order chi connectivity index (χ0) is 17.1. The van der Waals surface area contributed by atoms with Crippen LogP contribution in [-0.2, 0) is 0 Å². The van der Waals surface area contributed by atoms with Gasteiger partial charge in [-0.05, 0) is 43.3 Å². The van der Waals surface area contributed by atoms with E-state index in [1.54, 1.807) is 35.8 Å². The molecule has 0 aliphatic rings. The number of carbonyl (C=O) groups excluding carboxylic acids is 1. The summed E-state index contributed by atoms with van der Waals surface area (Å²) in [4.78, 5) is 23.6. The molecular weight excluding hydrogens is 366 g/mol. The lowest BCUT2D eigenvalue weighted by Gasteiger charge is -2.26. The molecule has 124 valence electrons. The van der Waals surface area contributed by atoms with Gasteiger partial charge in [-0.3, -0.25) is 4.90 Å². The Hall–Kier alpha value is -1.83. The van der Waals surface area contributed by atoms with Crippen molar-refractivity contribution in [1.82, 2.24) is 9.97 Å². The van der Waals surface area contributed by atoms with Gasteiger partial charge in [-0.2, -0.15) is 12.6 Å². The first-order chi connectivity index (χ1) is 11.6. The van der Waals surface area contributed by atoms with Crippen LogP contribution < -0.4 is 9.64 Å². The highest BCUT2D eigenvalue weighted by Gasteiger charge is 2.25. The van der Waals surface area contributed by atoms with E-state index in [9.17, 15) is 4.79 Å². The molecule has 0 saturated carbocycles. The van der Waals surface area contributed by atoms with Crippen molar-refractivity contribution in [3.63, 3.8) is 0 Å². The molecule has 1 aromatic carbocycles. The number of ether oxygens (including phenoxy) is 1. The van der Waals surface area contributed by atoms with Crippen LogP contribution in [-0.4, -0.2) is 27.9 Å². The van der Waals surface area contributed by atoms with Crippen LogP contribution in [0.3, 0.4) is 0 Å². The summed E-state index contributed by atoms with van der Waals surface area (Å²) in [7, 11) is 0. The van der Waals surface area contributed by atoms with E-state index in [4.69, 9.17) is 16.3 Å². The Morgan fingerprint density at radius 2 is 2.08 bits per heavy atom. The maximum Gasteiger partial charge on any atom is 0.421 e. The van der Waals surface area contributed by atoms with Crippen LogP contribution in [0.4, 0.5) is 10.6 Å². The first kappa shape index (κ1) is 17.0. The molecule has 3 aromatic rings. The van der Waals surface area contributed by atoms with Crippen molar-refractivity contribution in [3.05, 3.63) is 46.9 Å². The number of thiol groups is 1. The normalized spacial score (nSPS) is 12.1. The first-order valence-electron chi connectivity index (χ1n) is 7.16. The summed E-state index contributed by atoms with van der Waals surface area (Å²) in [5, 5.41) is 0.577. The molecule has 0 spiro atoms. The van der Waals surface area contributed by atoms with Crippen molar-refractivity contribution >= 4 is 57.8 Å². The van der Waals surface area contributed by atoms with Crippen LogP contribution in [0.5, 0.6) is 5.75 Å². The van der Waals surface area contributed by atoms with E-state index in [2.05, 4.69) is 22.6 Å². The predicted octanol–water partition coefficient (Wildman–Crippen LogP) is 4.67. The Labute approximate surface area is 153 Å². The molecule has 0 radical (unpaired) electrons. The van der Waals surface area contributed by atoms with Gasteiger partial charge in [0.15, 0.2) is 0 Å². The average Bonchev–Trinajstić information content (AvgIpc) is 3.04. The molecule has 0 N–H and O–H groups in total. The number of benzene rings is 1. The predicted molar refractivity (Wildman–Crippen MR) is 101 cm³/mol. The van der Waals surface area contributed by atoms with E-state index >= 15 is 0 Å². The molecule has 0 bridgehead atoms. The summed E-state index contributed by atoms with van der Waals surface area (Å²) in [5.41, 5.74) is 2.52. The summed E-state index contributed by atoms with van der Waals surface area (Å²) in [5.74, 6) is 1.39. The molecule has 2 aromatic heterocycles. The number of anilines is 1. The maximum atomic E-state index is 12.7. The number of thiazole rings is 1. The van der Waals surface area contributed by atoms with Crippen LogP contribution in [0.15, 0.2) is 41.9 Å². The number of halogens is 1. The Morgan fingerprint density at radius 1 is 1.33 bits per heavy atom. The van der Waals surface area contributed by atoms with Crippen molar-refractivity contribution in [2.45, 2.75) is 13.0 Å². The lowest BCUT2D eigenvalue weighted by atomic mass is 10.3. The molecule has 0 fully saturated rings. The molecule has 0 aliphatic carbocycles. The molecule has 5 nitrogen and oxygen atoms in total.